The first-order valence-corrected chi connectivity index (χ1v) is 10.5. The van der Waals surface area contributed by atoms with Crippen LogP contribution >= 0.6 is 12.4 Å². The lowest BCUT2D eigenvalue weighted by Crippen LogP contribution is -2.47. The number of methoxy groups -OCH3 is 2. The Bertz CT molecular complexity index is 874. The van der Waals surface area contributed by atoms with Crippen LogP contribution in [0, 0.1) is 5.92 Å². The van der Waals surface area contributed by atoms with Gasteiger partial charge >= 0.3 is 0 Å². The van der Waals surface area contributed by atoms with Crippen LogP contribution in [0.1, 0.15) is 42.5 Å². The highest BCUT2D eigenvalue weighted by Crippen LogP contribution is 2.41. The van der Waals surface area contributed by atoms with Crippen molar-refractivity contribution in [3.63, 3.8) is 0 Å². The summed E-state index contributed by atoms with van der Waals surface area (Å²) >= 11 is 0. The van der Waals surface area contributed by atoms with Crippen molar-refractivity contribution in [1.82, 2.24) is 10.2 Å². The summed E-state index contributed by atoms with van der Waals surface area (Å²) in [7, 11) is 3.32. The molecule has 2 heterocycles. The monoisotopic (exact) mass is 430 g/mol. The summed E-state index contributed by atoms with van der Waals surface area (Å²) in [6, 6.07) is 14.7. The van der Waals surface area contributed by atoms with E-state index >= 15 is 0 Å². The average Bonchev–Trinajstić information content (AvgIpc) is 2.77. The Labute approximate surface area is 185 Å². The zero-order valence-corrected chi connectivity index (χ0v) is 18.7. The number of benzene rings is 2. The smallest absolute Gasteiger partial charge is 0.226 e. The molecule has 0 saturated carbocycles. The van der Waals surface area contributed by atoms with Crippen LogP contribution in [0.15, 0.2) is 42.5 Å². The van der Waals surface area contributed by atoms with Crippen molar-refractivity contribution in [2.24, 2.45) is 5.92 Å². The number of nitrogens with zero attached hydrogens (tertiary/aromatic N) is 1. The van der Waals surface area contributed by atoms with Crippen LogP contribution < -0.4 is 14.8 Å². The number of carbonyl (C=O) groups is 1. The Hall–Kier alpha value is -2.24. The summed E-state index contributed by atoms with van der Waals surface area (Å²) in [5.41, 5.74) is 3.49. The minimum atomic E-state index is -0.0996. The Morgan fingerprint density at radius 2 is 1.80 bits per heavy atom. The number of piperidine rings is 1. The van der Waals surface area contributed by atoms with Gasteiger partial charge in [-0.3, -0.25) is 4.79 Å². The van der Waals surface area contributed by atoms with Crippen LogP contribution in [-0.4, -0.2) is 44.2 Å². The van der Waals surface area contributed by atoms with Crippen molar-refractivity contribution < 1.29 is 14.3 Å². The van der Waals surface area contributed by atoms with E-state index in [0.717, 1.165) is 49.2 Å². The van der Waals surface area contributed by atoms with Gasteiger partial charge in [-0.05, 0) is 61.6 Å². The normalized spacial score (nSPS) is 23.2. The van der Waals surface area contributed by atoms with Crippen LogP contribution in [-0.2, 0) is 11.2 Å². The summed E-state index contributed by atoms with van der Waals surface area (Å²) in [5, 5.41) is 3.45. The molecule has 1 N–H and O–H groups in total. The van der Waals surface area contributed by atoms with Gasteiger partial charge in [0.1, 0.15) is 0 Å². The first kappa shape index (κ1) is 22.4. The van der Waals surface area contributed by atoms with E-state index in [9.17, 15) is 4.79 Å². The van der Waals surface area contributed by atoms with E-state index in [4.69, 9.17) is 9.47 Å². The molecule has 4 rings (SSSR count). The number of halogens is 1. The standard InChI is InChI=1S/C24H30N2O3.ClH/c1-16-13-19(9-11-25-16)24(27)26-12-10-18-14-21(28-2)22(29-3)15-20(18)23(26)17-7-5-4-6-8-17;/h4-8,14-16,19,23,25H,9-13H2,1-3H3;1H/t16-,19-,23?;/m0./s1. The molecule has 3 atom stereocenters. The quantitative estimate of drug-likeness (QED) is 0.796. The molecule has 0 aromatic heterocycles. The summed E-state index contributed by atoms with van der Waals surface area (Å²) in [4.78, 5) is 15.7. The maximum absolute atomic E-state index is 13.6. The number of rotatable bonds is 4. The Balaban J connectivity index is 0.00000256. The van der Waals surface area contributed by atoms with Crippen molar-refractivity contribution in [2.75, 3.05) is 27.3 Å². The van der Waals surface area contributed by atoms with Gasteiger partial charge in [0.2, 0.25) is 5.91 Å². The molecule has 0 spiro atoms. The third kappa shape index (κ3) is 4.28. The summed E-state index contributed by atoms with van der Waals surface area (Å²) in [5.74, 6) is 1.80. The molecule has 6 heteroatoms. The number of hydrogen-bond acceptors (Lipinski definition) is 4. The highest BCUT2D eigenvalue weighted by Gasteiger charge is 2.37. The molecule has 1 amide bonds. The predicted molar refractivity (Wildman–Crippen MR) is 121 cm³/mol. The van der Waals surface area contributed by atoms with Gasteiger partial charge in [0.05, 0.1) is 20.3 Å². The van der Waals surface area contributed by atoms with Crippen LogP contribution in [0.3, 0.4) is 0 Å². The second-order valence-electron chi connectivity index (χ2n) is 8.08. The number of carbonyl (C=O) groups excluding carboxylic acids is 1. The topological polar surface area (TPSA) is 50.8 Å². The Kier molecular flexibility index (Phi) is 7.27. The van der Waals surface area contributed by atoms with Gasteiger partial charge in [0.15, 0.2) is 11.5 Å². The molecule has 2 aromatic rings. The van der Waals surface area contributed by atoms with Gasteiger partial charge in [-0.1, -0.05) is 30.3 Å². The van der Waals surface area contributed by atoms with E-state index in [-0.39, 0.29) is 30.3 Å². The van der Waals surface area contributed by atoms with Gasteiger partial charge in [0, 0.05) is 18.5 Å². The summed E-state index contributed by atoms with van der Waals surface area (Å²) < 4.78 is 11.1. The zero-order chi connectivity index (χ0) is 20.4. The number of nitrogens with one attached hydrogen (secondary N) is 1. The molecule has 2 aliphatic heterocycles. The fraction of sp³-hybridized carbons (Fsp3) is 0.458. The van der Waals surface area contributed by atoms with Crippen molar-refractivity contribution in [3.8, 4) is 11.5 Å². The second-order valence-corrected chi connectivity index (χ2v) is 8.08. The lowest BCUT2D eigenvalue weighted by Gasteiger charge is -2.41. The third-order valence-corrected chi connectivity index (χ3v) is 6.24. The molecule has 1 unspecified atom stereocenters. The van der Waals surface area contributed by atoms with E-state index in [1.807, 2.05) is 18.2 Å². The predicted octanol–water partition coefficient (Wildman–Crippen LogP) is 3.99. The lowest BCUT2D eigenvalue weighted by molar-refractivity contribution is -0.138. The lowest BCUT2D eigenvalue weighted by atomic mass is 9.85. The van der Waals surface area contributed by atoms with Gasteiger partial charge < -0.3 is 19.7 Å². The average molecular weight is 431 g/mol. The Morgan fingerprint density at radius 3 is 2.47 bits per heavy atom. The molecule has 2 aliphatic rings. The first-order chi connectivity index (χ1) is 14.1. The molecule has 0 radical (unpaired) electrons. The maximum Gasteiger partial charge on any atom is 0.226 e. The molecular formula is C24H31ClN2O3. The molecule has 0 bridgehead atoms. The van der Waals surface area contributed by atoms with Gasteiger partial charge in [0.25, 0.3) is 0 Å². The molecular weight excluding hydrogens is 400 g/mol. The van der Waals surface area contributed by atoms with Crippen molar-refractivity contribution >= 4 is 18.3 Å². The molecule has 30 heavy (non-hydrogen) atoms. The minimum absolute atomic E-state index is 0. The van der Waals surface area contributed by atoms with Gasteiger partial charge in [-0.25, -0.2) is 0 Å². The second kappa shape index (κ2) is 9.71. The number of amides is 1. The molecule has 162 valence electrons. The molecule has 0 aliphatic carbocycles. The van der Waals surface area contributed by atoms with Crippen LogP contribution in [0.2, 0.25) is 0 Å². The van der Waals surface area contributed by atoms with Crippen LogP contribution in [0.25, 0.3) is 0 Å². The van der Waals surface area contributed by atoms with E-state index in [1.54, 1.807) is 14.2 Å². The Morgan fingerprint density at radius 1 is 1.10 bits per heavy atom. The number of ether oxygens (including phenoxy) is 2. The van der Waals surface area contributed by atoms with E-state index in [2.05, 4.69) is 41.4 Å². The maximum atomic E-state index is 13.6. The van der Waals surface area contributed by atoms with Gasteiger partial charge in [-0.15, -0.1) is 12.4 Å². The van der Waals surface area contributed by atoms with E-state index in [1.165, 1.54) is 5.56 Å². The molecule has 5 nitrogen and oxygen atoms in total. The molecule has 1 saturated heterocycles. The SMILES string of the molecule is COc1cc2c(cc1OC)C(c1ccccc1)N(C(=O)[C@H]1CCN[C@@H](C)C1)CC2.Cl. The summed E-state index contributed by atoms with van der Waals surface area (Å²) in [6.45, 7) is 3.79. The minimum Gasteiger partial charge on any atom is -0.493 e. The van der Waals surface area contributed by atoms with E-state index in [0.29, 0.717) is 11.8 Å². The van der Waals surface area contributed by atoms with Gasteiger partial charge in [-0.2, -0.15) is 0 Å². The third-order valence-electron chi connectivity index (χ3n) is 6.24. The highest BCUT2D eigenvalue weighted by atomic mass is 35.5. The summed E-state index contributed by atoms with van der Waals surface area (Å²) in [6.07, 6.45) is 2.63. The van der Waals surface area contributed by atoms with Crippen LogP contribution in [0.4, 0.5) is 0 Å². The van der Waals surface area contributed by atoms with Crippen LogP contribution in [0.5, 0.6) is 11.5 Å². The highest BCUT2D eigenvalue weighted by molar-refractivity contribution is 5.85. The zero-order valence-electron chi connectivity index (χ0n) is 17.9. The number of fused-ring (bicyclic) bond motifs is 1. The van der Waals surface area contributed by atoms with E-state index < -0.39 is 0 Å². The number of hydrogen-bond donors (Lipinski definition) is 1. The van der Waals surface area contributed by atoms with Crippen molar-refractivity contribution in [3.05, 3.63) is 59.2 Å². The molecule has 2 aromatic carbocycles. The fourth-order valence-electron chi connectivity index (χ4n) is 4.77. The molecule has 1 fully saturated rings. The largest absolute Gasteiger partial charge is 0.493 e. The van der Waals surface area contributed by atoms with Crippen molar-refractivity contribution in [1.29, 1.82) is 0 Å². The van der Waals surface area contributed by atoms with Crippen molar-refractivity contribution in [2.45, 2.75) is 38.3 Å². The first-order valence-electron chi connectivity index (χ1n) is 10.5. The fourth-order valence-corrected chi connectivity index (χ4v) is 4.77.